The fraction of sp³-hybridized carbons (Fsp3) is 0.412. The van der Waals surface area contributed by atoms with Gasteiger partial charge in [0.25, 0.3) is 0 Å². The number of hydrogen-bond donors (Lipinski definition) is 2. The van der Waals surface area contributed by atoms with Gasteiger partial charge in [0.1, 0.15) is 5.75 Å². The number of benzene rings is 1. The van der Waals surface area contributed by atoms with Gasteiger partial charge in [-0.2, -0.15) is 5.10 Å². The Balaban J connectivity index is 1.74. The third kappa shape index (κ3) is 6.48. The van der Waals surface area contributed by atoms with E-state index < -0.39 is 0 Å². The highest BCUT2D eigenvalue weighted by atomic mass is 35.5. The van der Waals surface area contributed by atoms with Crippen LogP contribution in [0.5, 0.6) is 5.75 Å². The van der Waals surface area contributed by atoms with Crippen LogP contribution in [0.2, 0.25) is 10.0 Å². The third-order valence-electron chi connectivity index (χ3n) is 3.43. The van der Waals surface area contributed by atoms with Crippen LogP contribution in [0.15, 0.2) is 35.5 Å². The Hall–Kier alpha value is -1.92. The molecule has 0 unspecified atom stereocenters. The van der Waals surface area contributed by atoms with Gasteiger partial charge in [-0.25, -0.2) is 4.99 Å². The predicted octanol–water partition coefficient (Wildman–Crippen LogP) is 3.25. The Morgan fingerprint density at radius 3 is 2.80 bits per heavy atom. The van der Waals surface area contributed by atoms with E-state index in [9.17, 15) is 0 Å². The lowest BCUT2D eigenvalue weighted by Gasteiger charge is -2.12. The maximum absolute atomic E-state index is 6.08. The zero-order valence-corrected chi connectivity index (χ0v) is 15.9. The van der Waals surface area contributed by atoms with Crippen molar-refractivity contribution >= 4 is 29.2 Å². The molecule has 0 bridgehead atoms. The summed E-state index contributed by atoms with van der Waals surface area (Å²) >= 11 is 11.9. The molecule has 0 saturated heterocycles. The minimum Gasteiger partial charge on any atom is -0.492 e. The van der Waals surface area contributed by atoms with E-state index in [-0.39, 0.29) is 0 Å². The molecule has 0 saturated carbocycles. The number of halogens is 2. The molecular formula is C17H23Cl2N5O. The summed E-state index contributed by atoms with van der Waals surface area (Å²) in [7, 11) is 1.91. The SMILES string of the molecule is CCNC(=NCc1ccnn1C)NCCCOc1ccc(Cl)cc1Cl. The number of aromatic nitrogens is 2. The first-order valence-electron chi connectivity index (χ1n) is 8.17. The van der Waals surface area contributed by atoms with E-state index >= 15 is 0 Å². The van der Waals surface area contributed by atoms with Crippen molar-refractivity contribution < 1.29 is 4.74 Å². The van der Waals surface area contributed by atoms with E-state index in [0.717, 1.165) is 31.2 Å². The molecule has 2 aromatic rings. The first kappa shape index (κ1) is 19.4. The van der Waals surface area contributed by atoms with Crippen molar-refractivity contribution in [3.63, 3.8) is 0 Å². The summed E-state index contributed by atoms with van der Waals surface area (Å²) in [5, 5.41) is 11.8. The molecule has 0 aliphatic carbocycles. The predicted molar refractivity (Wildman–Crippen MR) is 103 cm³/mol. The lowest BCUT2D eigenvalue weighted by Crippen LogP contribution is -2.38. The first-order chi connectivity index (χ1) is 12.1. The van der Waals surface area contributed by atoms with E-state index in [4.69, 9.17) is 27.9 Å². The molecular weight excluding hydrogens is 361 g/mol. The van der Waals surface area contributed by atoms with Crippen molar-refractivity contribution in [1.29, 1.82) is 0 Å². The number of aliphatic imine (C=N–C) groups is 1. The minimum atomic E-state index is 0.520. The van der Waals surface area contributed by atoms with Crippen LogP contribution in [-0.2, 0) is 13.6 Å². The molecule has 0 amide bonds. The fourth-order valence-corrected chi connectivity index (χ4v) is 2.57. The molecule has 1 heterocycles. The van der Waals surface area contributed by atoms with Gasteiger partial charge in [0, 0.05) is 31.4 Å². The Kier molecular flexibility index (Phi) is 7.88. The summed E-state index contributed by atoms with van der Waals surface area (Å²) in [6, 6.07) is 7.16. The summed E-state index contributed by atoms with van der Waals surface area (Å²) in [4.78, 5) is 4.55. The molecule has 136 valence electrons. The summed E-state index contributed by atoms with van der Waals surface area (Å²) in [5.41, 5.74) is 1.05. The van der Waals surface area contributed by atoms with Crippen molar-refractivity contribution in [3.05, 3.63) is 46.2 Å². The van der Waals surface area contributed by atoms with Gasteiger partial charge >= 0.3 is 0 Å². The second kappa shape index (κ2) is 10.2. The van der Waals surface area contributed by atoms with Crippen LogP contribution >= 0.6 is 23.2 Å². The minimum absolute atomic E-state index is 0.520. The van der Waals surface area contributed by atoms with E-state index in [0.29, 0.717) is 28.9 Å². The lowest BCUT2D eigenvalue weighted by atomic mass is 10.3. The highest BCUT2D eigenvalue weighted by Crippen LogP contribution is 2.27. The number of guanidine groups is 1. The molecule has 0 spiro atoms. The van der Waals surface area contributed by atoms with Crippen LogP contribution in [0.25, 0.3) is 0 Å². The molecule has 0 radical (unpaired) electrons. The molecule has 2 N–H and O–H groups in total. The van der Waals surface area contributed by atoms with Crippen LogP contribution in [0.3, 0.4) is 0 Å². The Morgan fingerprint density at radius 1 is 1.28 bits per heavy atom. The molecule has 8 heteroatoms. The van der Waals surface area contributed by atoms with E-state index in [2.05, 4.69) is 20.7 Å². The maximum Gasteiger partial charge on any atom is 0.191 e. The van der Waals surface area contributed by atoms with Crippen LogP contribution in [0.1, 0.15) is 19.0 Å². The molecule has 0 aliphatic rings. The van der Waals surface area contributed by atoms with Gasteiger partial charge in [0.2, 0.25) is 0 Å². The number of ether oxygens (including phenoxy) is 1. The van der Waals surface area contributed by atoms with Crippen molar-refractivity contribution in [2.75, 3.05) is 19.7 Å². The summed E-state index contributed by atoms with van der Waals surface area (Å²) < 4.78 is 7.48. The normalized spacial score (nSPS) is 11.4. The Morgan fingerprint density at radius 2 is 2.12 bits per heavy atom. The van der Waals surface area contributed by atoms with Crippen LogP contribution in [-0.4, -0.2) is 35.4 Å². The van der Waals surface area contributed by atoms with Crippen LogP contribution in [0, 0.1) is 0 Å². The fourth-order valence-electron chi connectivity index (χ4n) is 2.11. The summed E-state index contributed by atoms with van der Waals surface area (Å²) in [6.45, 7) is 4.70. The summed E-state index contributed by atoms with van der Waals surface area (Å²) in [5.74, 6) is 1.41. The van der Waals surface area contributed by atoms with E-state index in [1.807, 2.05) is 24.7 Å². The molecule has 0 aliphatic heterocycles. The standard InChI is InChI=1S/C17H23Cl2N5O/c1-3-20-17(22-12-14-7-9-23-24(14)2)21-8-4-10-25-16-6-5-13(18)11-15(16)19/h5-7,9,11H,3-4,8,10,12H2,1-2H3,(H2,20,21,22). The number of rotatable bonds is 8. The van der Waals surface area contributed by atoms with Crippen molar-refractivity contribution in [2.24, 2.45) is 12.0 Å². The number of nitrogens with one attached hydrogen (secondary N) is 2. The first-order valence-corrected chi connectivity index (χ1v) is 8.92. The van der Waals surface area contributed by atoms with Crippen LogP contribution < -0.4 is 15.4 Å². The largest absolute Gasteiger partial charge is 0.492 e. The molecule has 25 heavy (non-hydrogen) atoms. The van der Waals surface area contributed by atoms with Crippen molar-refractivity contribution in [1.82, 2.24) is 20.4 Å². The third-order valence-corrected chi connectivity index (χ3v) is 3.96. The van der Waals surface area contributed by atoms with Gasteiger partial charge in [-0.15, -0.1) is 0 Å². The average molecular weight is 384 g/mol. The molecule has 0 fully saturated rings. The number of hydrogen-bond acceptors (Lipinski definition) is 3. The molecule has 1 aromatic carbocycles. The quantitative estimate of drug-likeness (QED) is 0.417. The Labute approximate surface area is 158 Å². The monoisotopic (exact) mass is 383 g/mol. The number of nitrogens with zero attached hydrogens (tertiary/aromatic N) is 3. The van der Waals surface area contributed by atoms with Gasteiger partial charge in [0.05, 0.1) is 23.9 Å². The average Bonchev–Trinajstić information content (AvgIpc) is 2.99. The second-order valence-corrected chi connectivity index (χ2v) is 6.19. The lowest BCUT2D eigenvalue weighted by molar-refractivity contribution is 0.311. The molecule has 6 nitrogen and oxygen atoms in total. The van der Waals surface area contributed by atoms with Crippen LogP contribution in [0.4, 0.5) is 0 Å². The molecule has 2 rings (SSSR count). The van der Waals surface area contributed by atoms with Gasteiger partial charge in [-0.1, -0.05) is 23.2 Å². The van der Waals surface area contributed by atoms with E-state index in [1.165, 1.54) is 0 Å². The topological polar surface area (TPSA) is 63.5 Å². The van der Waals surface area contributed by atoms with Gasteiger partial charge in [0.15, 0.2) is 5.96 Å². The highest BCUT2D eigenvalue weighted by Gasteiger charge is 2.03. The van der Waals surface area contributed by atoms with Crippen molar-refractivity contribution in [3.8, 4) is 5.75 Å². The zero-order valence-electron chi connectivity index (χ0n) is 14.4. The summed E-state index contributed by atoms with van der Waals surface area (Å²) in [6.07, 6.45) is 2.58. The van der Waals surface area contributed by atoms with Gasteiger partial charge < -0.3 is 15.4 Å². The van der Waals surface area contributed by atoms with Crippen molar-refractivity contribution in [2.45, 2.75) is 19.9 Å². The molecule has 1 aromatic heterocycles. The van der Waals surface area contributed by atoms with E-state index in [1.54, 1.807) is 24.4 Å². The van der Waals surface area contributed by atoms with Gasteiger partial charge in [-0.3, -0.25) is 4.68 Å². The second-order valence-electron chi connectivity index (χ2n) is 5.34. The van der Waals surface area contributed by atoms with Gasteiger partial charge in [-0.05, 0) is 37.6 Å². The smallest absolute Gasteiger partial charge is 0.191 e. The maximum atomic E-state index is 6.08. The molecule has 0 atom stereocenters. The highest BCUT2D eigenvalue weighted by molar-refractivity contribution is 6.35. The Bertz CT molecular complexity index is 702. The number of aryl methyl sites for hydroxylation is 1. The zero-order chi connectivity index (χ0) is 18.1.